The number of aliphatic hydroxyl groups excluding tert-OH is 4. The van der Waals surface area contributed by atoms with Crippen molar-refractivity contribution < 1.29 is 96.5 Å². The second kappa shape index (κ2) is 76.9. The average molecular weight is 1730 g/mol. The number of amides is 2. The highest BCUT2D eigenvalue weighted by molar-refractivity contribution is 7.46. The van der Waals surface area contributed by atoms with Crippen molar-refractivity contribution in [2.75, 3.05) is 13.2 Å². The van der Waals surface area contributed by atoms with Gasteiger partial charge in [0.25, 0.3) is 0 Å². The third kappa shape index (κ3) is 60.4. The minimum absolute atomic E-state index is 0.141. The first-order chi connectivity index (χ1) is 58.2. The number of carbonyl (C=O) groups is 6. The first-order valence-corrected chi connectivity index (χ1v) is 51.8. The predicted molar refractivity (Wildman–Crippen MR) is 481 cm³/mol. The average Bonchev–Trinajstić information content (AvgIpc) is 0.777. The molecule has 0 spiro atoms. The first kappa shape index (κ1) is 113. The quantitative estimate of drug-likeness (QED) is 0.0121. The summed E-state index contributed by atoms with van der Waals surface area (Å²) < 4.78 is 55.8. The van der Waals surface area contributed by atoms with E-state index in [9.17, 15) is 58.8 Å². The third-order valence-electron chi connectivity index (χ3n) is 24.6. The van der Waals surface area contributed by atoms with Gasteiger partial charge in [-0.25, -0.2) is 4.57 Å². The zero-order chi connectivity index (χ0) is 87.7. The number of carbonyl (C=O) groups excluding carboxylic acids is 6. The van der Waals surface area contributed by atoms with E-state index >= 15 is 4.79 Å². The lowest BCUT2D eigenvalue weighted by atomic mass is 9.79. The van der Waals surface area contributed by atoms with Crippen LogP contribution in [0, 0.1) is 5.92 Å². The summed E-state index contributed by atoms with van der Waals surface area (Å²) in [6, 6.07) is -3.12. The number of rotatable bonds is 84. The minimum atomic E-state index is -5.50. The maximum Gasteiger partial charge on any atom is 0.469 e. The zero-order valence-corrected chi connectivity index (χ0v) is 78.2. The topological polar surface area (TPSA) is 330 Å². The number of hydrogen-bond donors (Lipinski definition) is 8. The molecule has 1 saturated heterocycles. The van der Waals surface area contributed by atoms with Crippen LogP contribution < -0.4 is 10.6 Å². The number of unbranched alkanes of at least 4 members (excludes halogenated alkanes) is 54. The smallest absolute Gasteiger partial charge is 0.462 e. The molecule has 23 heteroatoms. The van der Waals surface area contributed by atoms with Crippen molar-refractivity contribution in [1.29, 1.82) is 0 Å². The normalized spacial score (nSPS) is 20.2. The Labute approximate surface area is 730 Å². The largest absolute Gasteiger partial charge is 0.469 e. The van der Waals surface area contributed by atoms with Gasteiger partial charge in [0.15, 0.2) is 12.4 Å². The molecule has 13 atom stereocenters. The SMILES string of the molecule is CCCCCCCCCCCCCCCC(=O)O[C@H](CCCCCCCCCCC)CC(=O)NC1[C@H](O)OC(CO[C@@H]2CC(CO)[C@@H](OP(=O)(O)O)[C@H](OC(=O)C[C@@H](CCCCCCCCCCC)OC(=O)CCCCCCCCCCCCC)C2NC(=O)C[C@@H](CCCCCCCCCCC)OC(=O)CCCCCCCCCCC)[C@@H](O)[C@@H]1O. The highest BCUT2D eigenvalue weighted by atomic mass is 31.2. The Kier molecular flexibility index (Phi) is 72.2. The molecule has 1 saturated carbocycles. The zero-order valence-electron chi connectivity index (χ0n) is 77.3. The summed E-state index contributed by atoms with van der Waals surface area (Å²) >= 11 is 0. The standard InChI is InChI=1S/C97H183N2O20P/c1-7-13-19-25-31-37-39-40-42-48-54-59-65-71-88(104)115-81(68-62-56-50-44-34-28-22-16-10-4)75-86(102)99-92-94(108)93(107)84(117-97(92)109)78-113-83-73-79(77-100)95(119-120(110,111)112)96(91(83)98-85(101)74-80(67-61-55-49-43-33-27-21-15-9-3)114-87(103)70-64-58-52-46-36-30-24-18-12-6)118-90(106)76-82(69-63-57-51-45-35-29-23-17-11-5)116-89(105)72-66-60-53-47-41-38-32-26-20-14-8-2/h79-84,91-97,100,107-109H,7-78H2,1-6H3,(H,98,101)(H,99,102)(H2,110,111,112)/t79?,80-,81-,82-,83-,84?,91?,92?,93-,94-,95-,96-,97-/m1/s1. The second-order valence-electron chi connectivity index (χ2n) is 36.0. The van der Waals surface area contributed by atoms with Gasteiger partial charge in [0.2, 0.25) is 11.8 Å². The van der Waals surface area contributed by atoms with Gasteiger partial charge in [0, 0.05) is 31.8 Å². The second-order valence-corrected chi connectivity index (χ2v) is 37.1. The highest BCUT2D eigenvalue weighted by Crippen LogP contribution is 2.45. The van der Waals surface area contributed by atoms with E-state index in [0.717, 1.165) is 173 Å². The highest BCUT2D eigenvalue weighted by Gasteiger charge is 2.52. The molecule has 0 radical (unpaired) electrons. The molecular weight excluding hydrogens is 1540 g/mol. The summed E-state index contributed by atoms with van der Waals surface area (Å²) in [6.45, 7) is 11.8. The molecule has 0 aromatic rings. The van der Waals surface area contributed by atoms with Crippen LogP contribution in [0.25, 0.3) is 0 Å². The van der Waals surface area contributed by atoms with Crippen LogP contribution in [0.2, 0.25) is 0 Å². The molecule has 2 aliphatic rings. The number of hydrogen-bond acceptors (Lipinski definition) is 18. The van der Waals surface area contributed by atoms with E-state index in [1.807, 2.05) is 0 Å². The van der Waals surface area contributed by atoms with Crippen LogP contribution in [0.15, 0.2) is 0 Å². The number of nitrogens with one attached hydrogen (secondary N) is 2. The van der Waals surface area contributed by atoms with E-state index < -0.39 is 142 Å². The summed E-state index contributed by atoms with van der Waals surface area (Å²) in [5, 5.41) is 52.2. The Bertz CT molecular complexity index is 2510. The van der Waals surface area contributed by atoms with Gasteiger partial charge in [-0.2, -0.15) is 0 Å². The maximum absolute atomic E-state index is 15.0. The van der Waals surface area contributed by atoms with Crippen LogP contribution in [0.3, 0.4) is 0 Å². The fourth-order valence-electron chi connectivity index (χ4n) is 17.2. The Morgan fingerprint density at radius 2 is 0.633 bits per heavy atom. The Morgan fingerprint density at radius 1 is 0.358 bits per heavy atom. The van der Waals surface area contributed by atoms with Gasteiger partial charge in [0.1, 0.15) is 48.8 Å². The van der Waals surface area contributed by atoms with Crippen molar-refractivity contribution in [1.82, 2.24) is 10.6 Å². The molecule has 1 aliphatic heterocycles. The molecule has 2 rings (SSSR count). The monoisotopic (exact) mass is 1730 g/mol. The number of phosphoric acid groups is 1. The number of phosphoric ester groups is 1. The van der Waals surface area contributed by atoms with Crippen LogP contribution in [0.1, 0.15) is 491 Å². The Hall–Kier alpha value is -3.31. The summed E-state index contributed by atoms with van der Waals surface area (Å²) in [6.07, 6.45) is 50.2. The van der Waals surface area contributed by atoms with Crippen LogP contribution >= 0.6 is 7.82 Å². The maximum atomic E-state index is 15.0. The van der Waals surface area contributed by atoms with E-state index in [1.165, 1.54) is 173 Å². The van der Waals surface area contributed by atoms with Gasteiger partial charge in [-0.05, 0) is 64.2 Å². The molecule has 22 nitrogen and oxygen atoms in total. The molecular formula is C97H183N2O20P. The summed E-state index contributed by atoms with van der Waals surface area (Å²) in [5.41, 5.74) is 0. The molecule has 120 heavy (non-hydrogen) atoms. The molecule has 8 N–H and O–H groups in total. The molecule has 0 bridgehead atoms. The molecule has 2 amide bonds. The van der Waals surface area contributed by atoms with E-state index in [2.05, 4.69) is 52.2 Å². The van der Waals surface area contributed by atoms with E-state index in [0.29, 0.717) is 57.8 Å². The number of esters is 4. The molecule has 4 unspecified atom stereocenters. The van der Waals surface area contributed by atoms with Gasteiger partial charge >= 0.3 is 31.7 Å². The number of ether oxygens (including phenoxy) is 6. The summed E-state index contributed by atoms with van der Waals surface area (Å²) in [7, 11) is -5.50. The molecule has 1 aliphatic carbocycles. The van der Waals surface area contributed by atoms with Crippen molar-refractivity contribution in [3.63, 3.8) is 0 Å². The van der Waals surface area contributed by atoms with Crippen LogP contribution in [-0.4, -0.2) is 152 Å². The lowest BCUT2D eigenvalue weighted by molar-refractivity contribution is -0.262. The van der Waals surface area contributed by atoms with E-state index in [-0.39, 0.29) is 38.5 Å². The summed E-state index contributed by atoms with van der Waals surface area (Å²) in [5.74, 6) is -4.89. The minimum Gasteiger partial charge on any atom is -0.462 e. The molecule has 2 fully saturated rings. The van der Waals surface area contributed by atoms with Crippen LogP contribution in [-0.2, 0) is 66.3 Å². The van der Waals surface area contributed by atoms with Crippen molar-refractivity contribution in [2.24, 2.45) is 5.92 Å². The number of aliphatic hydroxyl groups is 4. The molecule has 706 valence electrons. The van der Waals surface area contributed by atoms with Crippen molar-refractivity contribution in [3.05, 3.63) is 0 Å². The van der Waals surface area contributed by atoms with Crippen LogP contribution in [0.5, 0.6) is 0 Å². The van der Waals surface area contributed by atoms with Crippen LogP contribution in [0.4, 0.5) is 0 Å². The summed E-state index contributed by atoms with van der Waals surface area (Å²) in [4.78, 5) is 106. The fraction of sp³-hybridized carbons (Fsp3) is 0.938. The molecule has 1 heterocycles. The fourth-order valence-corrected chi connectivity index (χ4v) is 17.8. The molecule has 0 aromatic heterocycles. The van der Waals surface area contributed by atoms with Gasteiger partial charge in [-0.15, -0.1) is 0 Å². The van der Waals surface area contributed by atoms with E-state index in [1.54, 1.807) is 0 Å². The first-order valence-electron chi connectivity index (χ1n) is 50.3. The molecule has 0 aromatic carbocycles. The van der Waals surface area contributed by atoms with Gasteiger partial charge < -0.3 is 69.3 Å². The predicted octanol–water partition coefficient (Wildman–Crippen LogP) is 23.0. The van der Waals surface area contributed by atoms with Crippen molar-refractivity contribution >= 4 is 43.5 Å². The van der Waals surface area contributed by atoms with E-state index in [4.69, 9.17) is 32.9 Å². The van der Waals surface area contributed by atoms with Crippen molar-refractivity contribution in [3.8, 4) is 0 Å². The van der Waals surface area contributed by atoms with Gasteiger partial charge in [-0.3, -0.25) is 33.3 Å². The Morgan fingerprint density at radius 3 is 0.925 bits per heavy atom. The lowest BCUT2D eigenvalue weighted by Crippen LogP contribution is -2.66. The van der Waals surface area contributed by atoms with Gasteiger partial charge in [-0.1, -0.05) is 388 Å². The Balaban J connectivity index is 2.56. The third-order valence-corrected chi connectivity index (χ3v) is 25.2. The van der Waals surface area contributed by atoms with Gasteiger partial charge in [0.05, 0.1) is 38.0 Å². The lowest BCUT2D eigenvalue weighted by Gasteiger charge is -2.46. The van der Waals surface area contributed by atoms with Crippen molar-refractivity contribution in [2.45, 2.75) is 564 Å².